The Morgan fingerprint density at radius 3 is 2.89 bits per heavy atom. The normalized spacial score (nSPS) is 12.7. The fourth-order valence-corrected chi connectivity index (χ4v) is 2.05. The zero-order valence-electron chi connectivity index (χ0n) is 10.2. The molecule has 0 aliphatic rings. The van der Waals surface area contributed by atoms with Crippen molar-refractivity contribution in [3.05, 3.63) is 54.2 Å². The lowest BCUT2D eigenvalue weighted by atomic mass is 10.1. The van der Waals surface area contributed by atoms with Crippen LogP contribution in [0.4, 0.5) is 0 Å². The van der Waals surface area contributed by atoms with Crippen LogP contribution in [-0.4, -0.2) is 20.2 Å². The van der Waals surface area contributed by atoms with E-state index in [4.69, 9.17) is 5.84 Å². The standard InChI is InChI=1S/C13H14N6/c14-18-12(13-15-8-16-19-13)7-10-6-5-9-3-1-2-4-11(9)17-10/h1-6,8,12,18H,7,14H2,(H,15,16,19). The summed E-state index contributed by atoms with van der Waals surface area (Å²) in [4.78, 5) is 8.72. The van der Waals surface area contributed by atoms with E-state index in [-0.39, 0.29) is 6.04 Å². The Balaban J connectivity index is 1.88. The van der Waals surface area contributed by atoms with Crippen molar-refractivity contribution in [2.45, 2.75) is 12.5 Å². The Bertz CT molecular complexity index is 664. The number of H-pyrrole nitrogens is 1. The first kappa shape index (κ1) is 11.8. The zero-order chi connectivity index (χ0) is 13.1. The van der Waals surface area contributed by atoms with E-state index in [0.29, 0.717) is 12.2 Å². The second-order valence-corrected chi connectivity index (χ2v) is 4.29. The quantitative estimate of drug-likeness (QED) is 0.479. The first-order valence-corrected chi connectivity index (χ1v) is 6.03. The zero-order valence-corrected chi connectivity index (χ0v) is 10.2. The molecular weight excluding hydrogens is 240 g/mol. The van der Waals surface area contributed by atoms with Crippen LogP contribution in [0.5, 0.6) is 0 Å². The van der Waals surface area contributed by atoms with Gasteiger partial charge in [0.1, 0.15) is 12.2 Å². The van der Waals surface area contributed by atoms with E-state index in [9.17, 15) is 0 Å². The van der Waals surface area contributed by atoms with Gasteiger partial charge in [0.25, 0.3) is 0 Å². The molecule has 3 aromatic rings. The highest BCUT2D eigenvalue weighted by atomic mass is 15.3. The molecule has 0 bridgehead atoms. The number of rotatable bonds is 4. The molecule has 96 valence electrons. The molecule has 1 atom stereocenters. The first-order chi connectivity index (χ1) is 9.36. The summed E-state index contributed by atoms with van der Waals surface area (Å²) in [6.07, 6.45) is 2.12. The second-order valence-electron chi connectivity index (χ2n) is 4.29. The van der Waals surface area contributed by atoms with Crippen molar-refractivity contribution in [1.82, 2.24) is 25.6 Å². The Morgan fingerprint density at radius 2 is 2.11 bits per heavy atom. The molecule has 6 nitrogen and oxygen atoms in total. The molecule has 0 saturated heterocycles. The molecule has 0 amide bonds. The molecule has 0 fully saturated rings. The van der Waals surface area contributed by atoms with Gasteiger partial charge in [-0.15, -0.1) is 0 Å². The van der Waals surface area contributed by atoms with Crippen molar-refractivity contribution in [2.24, 2.45) is 5.84 Å². The number of hydrazine groups is 1. The van der Waals surface area contributed by atoms with Gasteiger partial charge in [0.15, 0.2) is 0 Å². The van der Waals surface area contributed by atoms with E-state index in [1.807, 2.05) is 30.3 Å². The van der Waals surface area contributed by atoms with E-state index < -0.39 is 0 Å². The molecule has 0 radical (unpaired) electrons. The number of hydrogen-bond donors (Lipinski definition) is 3. The van der Waals surface area contributed by atoms with Gasteiger partial charge in [0, 0.05) is 17.5 Å². The maximum atomic E-state index is 5.56. The molecular formula is C13H14N6. The number of para-hydroxylation sites is 1. The van der Waals surface area contributed by atoms with Crippen LogP contribution in [0.2, 0.25) is 0 Å². The lowest BCUT2D eigenvalue weighted by molar-refractivity contribution is 0.520. The molecule has 2 heterocycles. The van der Waals surface area contributed by atoms with E-state index in [1.54, 1.807) is 0 Å². The maximum Gasteiger partial charge on any atom is 0.143 e. The third-order valence-corrected chi connectivity index (χ3v) is 3.03. The number of nitrogens with two attached hydrogens (primary N) is 1. The third-order valence-electron chi connectivity index (χ3n) is 3.03. The highest BCUT2D eigenvalue weighted by Gasteiger charge is 2.14. The Hall–Kier alpha value is -2.31. The molecule has 3 rings (SSSR count). The smallest absolute Gasteiger partial charge is 0.143 e. The van der Waals surface area contributed by atoms with E-state index >= 15 is 0 Å². The van der Waals surface area contributed by atoms with Crippen LogP contribution in [0.3, 0.4) is 0 Å². The molecule has 19 heavy (non-hydrogen) atoms. The second kappa shape index (κ2) is 5.13. The van der Waals surface area contributed by atoms with Crippen LogP contribution in [0, 0.1) is 0 Å². The van der Waals surface area contributed by atoms with Crippen LogP contribution in [-0.2, 0) is 6.42 Å². The summed E-state index contributed by atoms with van der Waals surface area (Å²) >= 11 is 0. The fraction of sp³-hybridized carbons (Fsp3) is 0.154. The number of hydrogen-bond acceptors (Lipinski definition) is 5. The third kappa shape index (κ3) is 2.44. The summed E-state index contributed by atoms with van der Waals surface area (Å²) < 4.78 is 0. The molecule has 0 saturated carbocycles. The van der Waals surface area contributed by atoms with Gasteiger partial charge in [0.05, 0.1) is 11.6 Å². The lowest BCUT2D eigenvalue weighted by Gasteiger charge is -2.12. The molecule has 2 aromatic heterocycles. The minimum Gasteiger partial charge on any atom is -0.271 e. The van der Waals surface area contributed by atoms with E-state index in [0.717, 1.165) is 16.6 Å². The van der Waals surface area contributed by atoms with Crippen molar-refractivity contribution in [2.75, 3.05) is 0 Å². The van der Waals surface area contributed by atoms with Crippen molar-refractivity contribution in [3.8, 4) is 0 Å². The number of benzene rings is 1. The highest BCUT2D eigenvalue weighted by molar-refractivity contribution is 5.78. The average molecular weight is 254 g/mol. The number of fused-ring (bicyclic) bond motifs is 1. The molecule has 0 spiro atoms. The van der Waals surface area contributed by atoms with Gasteiger partial charge < -0.3 is 0 Å². The maximum absolute atomic E-state index is 5.56. The largest absolute Gasteiger partial charge is 0.271 e. The topological polar surface area (TPSA) is 92.5 Å². The molecule has 6 heteroatoms. The highest BCUT2D eigenvalue weighted by Crippen LogP contribution is 2.16. The SMILES string of the molecule is NNC(Cc1ccc2ccccc2n1)c1ncn[nH]1. The summed E-state index contributed by atoms with van der Waals surface area (Å²) in [5.41, 5.74) is 4.66. The monoisotopic (exact) mass is 254 g/mol. The Kier molecular flexibility index (Phi) is 3.18. The lowest BCUT2D eigenvalue weighted by Crippen LogP contribution is -2.30. The molecule has 1 unspecified atom stereocenters. The van der Waals surface area contributed by atoms with Gasteiger partial charge in [-0.05, 0) is 12.1 Å². The van der Waals surface area contributed by atoms with Crippen LogP contribution in [0.15, 0.2) is 42.7 Å². The van der Waals surface area contributed by atoms with Crippen molar-refractivity contribution in [3.63, 3.8) is 0 Å². The number of nitrogens with zero attached hydrogens (tertiary/aromatic N) is 3. The van der Waals surface area contributed by atoms with Crippen LogP contribution in [0.25, 0.3) is 10.9 Å². The Labute approximate surface area is 110 Å². The Morgan fingerprint density at radius 1 is 1.21 bits per heavy atom. The molecule has 1 aromatic carbocycles. The summed E-state index contributed by atoms with van der Waals surface area (Å²) in [7, 11) is 0. The van der Waals surface area contributed by atoms with Crippen molar-refractivity contribution >= 4 is 10.9 Å². The van der Waals surface area contributed by atoms with Gasteiger partial charge in [-0.2, -0.15) is 5.10 Å². The van der Waals surface area contributed by atoms with E-state index in [2.05, 4.69) is 31.7 Å². The number of aromatic amines is 1. The summed E-state index contributed by atoms with van der Waals surface area (Å²) in [5, 5.41) is 7.77. The van der Waals surface area contributed by atoms with Gasteiger partial charge in [-0.1, -0.05) is 24.3 Å². The van der Waals surface area contributed by atoms with Crippen LogP contribution in [0.1, 0.15) is 17.6 Å². The van der Waals surface area contributed by atoms with E-state index in [1.165, 1.54) is 6.33 Å². The minimum absolute atomic E-state index is 0.129. The van der Waals surface area contributed by atoms with Crippen molar-refractivity contribution in [1.29, 1.82) is 0 Å². The van der Waals surface area contributed by atoms with Gasteiger partial charge in [-0.25, -0.2) is 10.4 Å². The van der Waals surface area contributed by atoms with Crippen LogP contribution >= 0.6 is 0 Å². The van der Waals surface area contributed by atoms with Gasteiger partial charge in [-0.3, -0.25) is 15.9 Å². The summed E-state index contributed by atoms with van der Waals surface area (Å²) in [5.74, 6) is 6.26. The average Bonchev–Trinajstić information content (AvgIpc) is 2.98. The van der Waals surface area contributed by atoms with Crippen LogP contribution < -0.4 is 11.3 Å². The molecule has 0 aliphatic carbocycles. The fourth-order valence-electron chi connectivity index (χ4n) is 2.05. The number of aromatic nitrogens is 4. The predicted molar refractivity (Wildman–Crippen MR) is 71.9 cm³/mol. The van der Waals surface area contributed by atoms with Crippen molar-refractivity contribution < 1.29 is 0 Å². The van der Waals surface area contributed by atoms with Gasteiger partial charge >= 0.3 is 0 Å². The summed E-state index contributed by atoms with van der Waals surface area (Å²) in [6, 6.07) is 12.0. The first-order valence-electron chi connectivity index (χ1n) is 6.03. The number of pyridine rings is 1. The predicted octanol–water partition coefficient (Wildman–Crippen LogP) is 1.10. The number of nitrogens with one attached hydrogen (secondary N) is 2. The molecule has 0 aliphatic heterocycles. The summed E-state index contributed by atoms with van der Waals surface area (Å²) in [6.45, 7) is 0. The van der Waals surface area contributed by atoms with Gasteiger partial charge in [0.2, 0.25) is 0 Å². The minimum atomic E-state index is -0.129. The molecule has 4 N–H and O–H groups in total.